The van der Waals surface area contributed by atoms with Gasteiger partial charge in [0.25, 0.3) is 0 Å². The molecule has 0 unspecified atom stereocenters. The van der Waals surface area contributed by atoms with E-state index in [0.717, 1.165) is 25.7 Å². The van der Waals surface area contributed by atoms with E-state index in [9.17, 15) is 14.4 Å². The maximum Gasteiger partial charge on any atom is 0.308 e. The van der Waals surface area contributed by atoms with Crippen molar-refractivity contribution in [3.63, 3.8) is 0 Å². The second-order valence-electron chi connectivity index (χ2n) is 6.39. The minimum Gasteiger partial charge on any atom is -0.469 e. The highest BCUT2D eigenvalue weighted by Crippen LogP contribution is 2.34. The zero-order valence-corrected chi connectivity index (χ0v) is 13.9. The topological polar surface area (TPSA) is 84.9 Å². The molecule has 1 saturated carbocycles. The van der Waals surface area contributed by atoms with Crippen LogP contribution in [0.3, 0.4) is 0 Å². The van der Waals surface area contributed by atoms with Gasteiger partial charge in [-0.1, -0.05) is 19.3 Å². The largest absolute Gasteiger partial charge is 0.469 e. The number of carbonyl (C=O) groups is 3. The molecular formula is C16H26N2O5. The SMILES string of the molecule is COC(=O)C[C@H](NC(C)=O)C(=O)N1CCOC2(CCCCC2)C1. The van der Waals surface area contributed by atoms with Gasteiger partial charge in [-0.2, -0.15) is 0 Å². The van der Waals surface area contributed by atoms with Gasteiger partial charge < -0.3 is 19.7 Å². The minimum atomic E-state index is -0.876. The fraction of sp³-hybridized carbons (Fsp3) is 0.812. The number of nitrogens with one attached hydrogen (secondary N) is 1. The predicted octanol–water partition coefficient (Wildman–Crippen LogP) is 0.616. The number of amides is 2. The summed E-state index contributed by atoms with van der Waals surface area (Å²) in [5, 5.41) is 2.56. The minimum absolute atomic E-state index is 0.154. The van der Waals surface area contributed by atoms with E-state index in [2.05, 4.69) is 10.1 Å². The number of rotatable bonds is 4. The maximum atomic E-state index is 12.8. The lowest BCUT2D eigenvalue weighted by Crippen LogP contribution is -2.58. The van der Waals surface area contributed by atoms with Gasteiger partial charge in [-0.15, -0.1) is 0 Å². The molecular weight excluding hydrogens is 300 g/mol. The van der Waals surface area contributed by atoms with E-state index < -0.39 is 12.0 Å². The first-order chi connectivity index (χ1) is 11.0. The van der Waals surface area contributed by atoms with Gasteiger partial charge in [0.15, 0.2) is 0 Å². The molecule has 2 fully saturated rings. The molecule has 23 heavy (non-hydrogen) atoms. The van der Waals surface area contributed by atoms with Gasteiger partial charge in [-0.3, -0.25) is 14.4 Å². The summed E-state index contributed by atoms with van der Waals surface area (Å²) in [7, 11) is 1.27. The fourth-order valence-electron chi connectivity index (χ4n) is 3.45. The van der Waals surface area contributed by atoms with Crippen molar-refractivity contribution in [1.29, 1.82) is 0 Å². The standard InChI is InChI=1S/C16H26N2O5/c1-12(19)17-13(10-14(20)22-2)15(21)18-8-9-23-16(11-18)6-4-3-5-7-16/h13H,3-11H2,1-2H3,(H,17,19)/t13-/m0/s1. The molecule has 1 atom stereocenters. The Balaban J connectivity index is 2.05. The Morgan fingerprint density at radius 2 is 1.96 bits per heavy atom. The third-order valence-corrected chi connectivity index (χ3v) is 4.60. The van der Waals surface area contributed by atoms with Crippen molar-refractivity contribution < 1.29 is 23.9 Å². The number of esters is 1. The summed E-state index contributed by atoms with van der Waals surface area (Å²) >= 11 is 0. The zero-order chi connectivity index (χ0) is 16.9. The molecule has 1 aliphatic heterocycles. The van der Waals surface area contributed by atoms with Gasteiger partial charge in [0.1, 0.15) is 6.04 Å². The zero-order valence-electron chi connectivity index (χ0n) is 13.9. The Bertz CT molecular complexity index is 454. The summed E-state index contributed by atoms with van der Waals surface area (Å²) in [6.07, 6.45) is 5.19. The van der Waals surface area contributed by atoms with Gasteiger partial charge in [-0.05, 0) is 12.8 Å². The van der Waals surface area contributed by atoms with E-state index in [1.54, 1.807) is 4.90 Å². The second-order valence-corrected chi connectivity index (χ2v) is 6.39. The Hall–Kier alpha value is -1.63. The van der Waals surface area contributed by atoms with Gasteiger partial charge in [0.05, 0.1) is 25.7 Å². The van der Waals surface area contributed by atoms with Gasteiger partial charge in [0, 0.05) is 20.0 Å². The molecule has 2 aliphatic rings. The van der Waals surface area contributed by atoms with E-state index in [4.69, 9.17) is 4.74 Å². The van der Waals surface area contributed by atoms with Crippen LogP contribution in [0.25, 0.3) is 0 Å². The van der Waals surface area contributed by atoms with Crippen LogP contribution in [0, 0.1) is 0 Å². The smallest absolute Gasteiger partial charge is 0.308 e. The van der Waals surface area contributed by atoms with Crippen molar-refractivity contribution >= 4 is 17.8 Å². The van der Waals surface area contributed by atoms with E-state index in [1.165, 1.54) is 20.5 Å². The van der Waals surface area contributed by atoms with E-state index in [1.807, 2.05) is 0 Å². The molecule has 0 aromatic carbocycles. The van der Waals surface area contributed by atoms with Crippen LogP contribution in [0.4, 0.5) is 0 Å². The molecule has 1 spiro atoms. The molecule has 0 bridgehead atoms. The monoisotopic (exact) mass is 326 g/mol. The summed E-state index contributed by atoms with van der Waals surface area (Å²) < 4.78 is 10.6. The summed E-state index contributed by atoms with van der Waals surface area (Å²) in [6, 6.07) is -0.876. The third-order valence-electron chi connectivity index (χ3n) is 4.60. The molecule has 1 heterocycles. The van der Waals surface area contributed by atoms with Crippen LogP contribution in [0.1, 0.15) is 45.4 Å². The summed E-state index contributed by atoms with van der Waals surface area (Å²) in [5.74, 6) is -1.09. The van der Waals surface area contributed by atoms with Crippen molar-refractivity contribution in [1.82, 2.24) is 10.2 Å². The van der Waals surface area contributed by atoms with E-state index in [0.29, 0.717) is 19.7 Å². The lowest BCUT2D eigenvalue weighted by molar-refractivity contribution is -0.160. The van der Waals surface area contributed by atoms with Gasteiger partial charge in [0.2, 0.25) is 11.8 Å². The molecule has 0 aromatic rings. The predicted molar refractivity (Wildman–Crippen MR) is 82.6 cm³/mol. The van der Waals surface area contributed by atoms with Crippen LogP contribution in [0.15, 0.2) is 0 Å². The van der Waals surface area contributed by atoms with Crippen LogP contribution in [-0.4, -0.2) is 61.1 Å². The highest BCUT2D eigenvalue weighted by atomic mass is 16.5. The summed E-state index contributed by atoms with van der Waals surface area (Å²) in [5.41, 5.74) is -0.252. The Kier molecular flexibility index (Phi) is 5.98. The van der Waals surface area contributed by atoms with Crippen molar-refractivity contribution in [2.45, 2.75) is 57.1 Å². The molecule has 1 N–H and O–H groups in total. The van der Waals surface area contributed by atoms with Crippen LogP contribution < -0.4 is 5.32 Å². The summed E-state index contributed by atoms with van der Waals surface area (Å²) in [6.45, 7) is 2.84. The molecule has 1 aliphatic carbocycles. The number of hydrogen-bond donors (Lipinski definition) is 1. The van der Waals surface area contributed by atoms with Crippen molar-refractivity contribution in [2.75, 3.05) is 26.8 Å². The Morgan fingerprint density at radius 3 is 2.57 bits per heavy atom. The highest BCUT2D eigenvalue weighted by molar-refractivity contribution is 5.90. The number of ether oxygens (including phenoxy) is 2. The van der Waals surface area contributed by atoms with Crippen LogP contribution in [-0.2, 0) is 23.9 Å². The highest BCUT2D eigenvalue weighted by Gasteiger charge is 2.40. The molecule has 0 aromatic heterocycles. The quantitative estimate of drug-likeness (QED) is 0.765. The molecule has 7 heteroatoms. The van der Waals surface area contributed by atoms with E-state index >= 15 is 0 Å². The molecule has 2 rings (SSSR count). The first-order valence-electron chi connectivity index (χ1n) is 8.22. The van der Waals surface area contributed by atoms with Crippen LogP contribution in [0.5, 0.6) is 0 Å². The lowest BCUT2D eigenvalue weighted by atomic mass is 9.83. The average molecular weight is 326 g/mol. The first-order valence-corrected chi connectivity index (χ1v) is 8.22. The van der Waals surface area contributed by atoms with Crippen LogP contribution >= 0.6 is 0 Å². The average Bonchev–Trinajstić information content (AvgIpc) is 2.53. The first kappa shape index (κ1) is 17.7. The molecule has 1 saturated heterocycles. The normalized spacial score (nSPS) is 21.6. The number of hydrogen-bond acceptors (Lipinski definition) is 5. The summed E-state index contributed by atoms with van der Waals surface area (Å²) in [4.78, 5) is 37.3. The third kappa shape index (κ3) is 4.67. The van der Waals surface area contributed by atoms with Crippen molar-refractivity contribution in [3.8, 4) is 0 Å². The molecule has 0 radical (unpaired) electrons. The number of nitrogens with zero attached hydrogens (tertiary/aromatic N) is 1. The fourth-order valence-corrected chi connectivity index (χ4v) is 3.45. The molecule has 2 amide bonds. The Labute approximate surface area is 136 Å². The number of methoxy groups -OCH3 is 1. The lowest BCUT2D eigenvalue weighted by Gasteiger charge is -2.45. The number of morpholine rings is 1. The number of carbonyl (C=O) groups excluding carboxylic acids is 3. The van der Waals surface area contributed by atoms with Crippen molar-refractivity contribution in [2.24, 2.45) is 0 Å². The van der Waals surface area contributed by atoms with Gasteiger partial charge in [-0.25, -0.2) is 0 Å². The maximum absolute atomic E-state index is 12.8. The van der Waals surface area contributed by atoms with E-state index in [-0.39, 0.29) is 23.8 Å². The van der Waals surface area contributed by atoms with Crippen LogP contribution in [0.2, 0.25) is 0 Å². The molecule has 7 nitrogen and oxygen atoms in total. The van der Waals surface area contributed by atoms with Crippen molar-refractivity contribution in [3.05, 3.63) is 0 Å². The Morgan fingerprint density at radius 1 is 1.26 bits per heavy atom. The van der Waals surface area contributed by atoms with Gasteiger partial charge >= 0.3 is 5.97 Å². The second kappa shape index (κ2) is 7.77. The molecule has 130 valence electrons.